The topological polar surface area (TPSA) is 84.9 Å². The number of phenols is 1. The standard InChI is InChI=1S/C18H27NO5/c1-11(2)14(16(21)23-5)19-15(18(3,4)17(22)24-6)12-9-7-8-10-13(12)20/h7-11,14-15,19-20H,1-6H3/t14-,15-/m0/s1. The maximum atomic E-state index is 12.3. The van der Waals surface area contributed by atoms with Gasteiger partial charge in [-0.3, -0.25) is 14.9 Å². The molecule has 0 spiro atoms. The van der Waals surface area contributed by atoms with E-state index in [0.29, 0.717) is 5.56 Å². The van der Waals surface area contributed by atoms with E-state index in [1.807, 2.05) is 13.8 Å². The Labute approximate surface area is 143 Å². The van der Waals surface area contributed by atoms with Crippen LogP contribution >= 0.6 is 0 Å². The first kappa shape index (κ1) is 20.0. The lowest BCUT2D eigenvalue weighted by atomic mass is 9.79. The molecular weight excluding hydrogens is 310 g/mol. The summed E-state index contributed by atoms with van der Waals surface area (Å²) in [5.74, 6) is -0.902. The summed E-state index contributed by atoms with van der Waals surface area (Å²) in [7, 11) is 2.63. The van der Waals surface area contributed by atoms with Gasteiger partial charge in [-0.25, -0.2) is 0 Å². The second-order valence-corrected chi connectivity index (χ2v) is 6.62. The molecule has 0 amide bonds. The SMILES string of the molecule is COC(=O)[C@@H](N[C@@H](c1ccccc1O)C(C)(C)C(=O)OC)C(C)C. The average molecular weight is 337 g/mol. The summed E-state index contributed by atoms with van der Waals surface area (Å²) in [6, 6.07) is 5.44. The number of nitrogens with one attached hydrogen (secondary N) is 1. The Morgan fingerprint density at radius 3 is 2.17 bits per heavy atom. The molecule has 134 valence electrons. The van der Waals surface area contributed by atoms with Crippen LogP contribution in [-0.2, 0) is 19.1 Å². The fourth-order valence-corrected chi connectivity index (χ4v) is 2.64. The van der Waals surface area contributed by atoms with Gasteiger partial charge in [-0.2, -0.15) is 0 Å². The van der Waals surface area contributed by atoms with Gasteiger partial charge in [-0.1, -0.05) is 32.0 Å². The molecule has 2 N–H and O–H groups in total. The van der Waals surface area contributed by atoms with E-state index in [1.165, 1.54) is 14.2 Å². The minimum atomic E-state index is -1.02. The van der Waals surface area contributed by atoms with Gasteiger partial charge in [0.1, 0.15) is 11.8 Å². The van der Waals surface area contributed by atoms with Gasteiger partial charge < -0.3 is 14.6 Å². The third-order valence-corrected chi connectivity index (χ3v) is 4.15. The lowest BCUT2D eigenvalue weighted by Crippen LogP contribution is -2.50. The van der Waals surface area contributed by atoms with Crippen molar-refractivity contribution in [2.75, 3.05) is 14.2 Å². The largest absolute Gasteiger partial charge is 0.508 e. The lowest BCUT2D eigenvalue weighted by Gasteiger charge is -2.36. The number of methoxy groups -OCH3 is 2. The Bertz CT molecular complexity index is 583. The number of ether oxygens (including phenoxy) is 2. The van der Waals surface area contributed by atoms with Crippen molar-refractivity contribution < 1.29 is 24.2 Å². The van der Waals surface area contributed by atoms with Crippen LogP contribution in [0.2, 0.25) is 0 Å². The van der Waals surface area contributed by atoms with Crippen molar-refractivity contribution in [3.63, 3.8) is 0 Å². The van der Waals surface area contributed by atoms with Crippen LogP contribution in [0.15, 0.2) is 24.3 Å². The zero-order valence-electron chi connectivity index (χ0n) is 15.1. The number of carbonyl (C=O) groups is 2. The molecule has 0 saturated carbocycles. The summed E-state index contributed by atoms with van der Waals surface area (Å²) in [5.41, 5.74) is -0.503. The average Bonchev–Trinajstić information content (AvgIpc) is 2.54. The van der Waals surface area contributed by atoms with Gasteiger partial charge in [-0.15, -0.1) is 0 Å². The minimum absolute atomic E-state index is 0.0411. The van der Waals surface area contributed by atoms with Crippen LogP contribution < -0.4 is 5.32 Å². The highest BCUT2D eigenvalue weighted by molar-refractivity contribution is 5.79. The van der Waals surface area contributed by atoms with E-state index in [0.717, 1.165) is 0 Å². The molecule has 0 saturated heterocycles. The first-order valence-electron chi connectivity index (χ1n) is 7.87. The Balaban J connectivity index is 3.36. The molecule has 1 rings (SSSR count). The van der Waals surface area contributed by atoms with Crippen LogP contribution in [0.25, 0.3) is 0 Å². The van der Waals surface area contributed by atoms with Crippen LogP contribution in [0.4, 0.5) is 0 Å². The van der Waals surface area contributed by atoms with Gasteiger partial charge >= 0.3 is 11.9 Å². The highest BCUT2D eigenvalue weighted by atomic mass is 16.5. The molecule has 24 heavy (non-hydrogen) atoms. The number of hydrogen-bond acceptors (Lipinski definition) is 6. The second-order valence-electron chi connectivity index (χ2n) is 6.62. The first-order valence-corrected chi connectivity index (χ1v) is 7.87. The Morgan fingerprint density at radius 1 is 1.12 bits per heavy atom. The van der Waals surface area contributed by atoms with E-state index in [-0.39, 0.29) is 11.7 Å². The number of para-hydroxylation sites is 1. The fraction of sp³-hybridized carbons (Fsp3) is 0.556. The zero-order chi connectivity index (χ0) is 18.5. The second kappa shape index (κ2) is 8.15. The normalized spacial score (nSPS) is 14.1. The molecule has 0 aliphatic heterocycles. The van der Waals surface area contributed by atoms with E-state index in [1.54, 1.807) is 38.1 Å². The number of carbonyl (C=O) groups excluding carboxylic acids is 2. The summed E-state index contributed by atoms with van der Waals surface area (Å²) in [5, 5.41) is 13.4. The monoisotopic (exact) mass is 337 g/mol. The number of hydrogen-bond donors (Lipinski definition) is 2. The van der Waals surface area contributed by atoms with Crippen molar-refractivity contribution in [1.29, 1.82) is 0 Å². The molecule has 0 aliphatic rings. The van der Waals surface area contributed by atoms with Gasteiger partial charge in [0, 0.05) is 5.56 Å². The summed E-state index contributed by atoms with van der Waals surface area (Å²) < 4.78 is 9.77. The number of rotatable bonds is 7. The maximum absolute atomic E-state index is 12.3. The number of esters is 2. The van der Waals surface area contributed by atoms with Crippen LogP contribution in [0, 0.1) is 11.3 Å². The minimum Gasteiger partial charge on any atom is -0.508 e. The van der Waals surface area contributed by atoms with Gasteiger partial charge in [0.2, 0.25) is 0 Å². The molecule has 6 heteroatoms. The third-order valence-electron chi connectivity index (χ3n) is 4.15. The number of phenolic OH excluding ortho intramolecular Hbond substituents is 1. The highest BCUT2D eigenvalue weighted by Crippen LogP contribution is 2.39. The van der Waals surface area contributed by atoms with Gasteiger partial charge in [0.15, 0.2) is 0 Å². The quantitative estimate of drug-likeness (QED) is 0.743. The molecule has 0 unspecified atom stereocenters. The number of benzene rings is 1. The smallest absolute Gasteiger partial charge is 0.323 e. The third kappa shape index (κ3) is 4.26. The van der Waals surface area contributed by atoms with Crippen molar-refractivity contribution in [1.82, 2.24) is 5.32 Å². The summed E-state index contributed by atoms with van der Waals surface area (Å²) in [6.07, 6.45) is 0. The van der Waals surface area contributed by atoms with Crippen molar-refractivity contribution in [3.8, 4) is 5.75 Å². The van der Waals surface area contributed by atoms with E-state index in [4.69, 9.17) is 9.47 Å². The van der Waals surface area contributed by atoms with Crippen molar-refractivity contribution >= 4 is 11.9 Å². The number of aromatic hydroxyl groups is 1. The molecule has 0 bridgehead atoms. The molecule has 0 aromatic heterocycles. The van der Waals surface area contributed by atoms with Crippen molar-refractivity contribution in [3.05, 3.63) is 29.8 Å². The van der Waals surface area contributed by atoms with E-state index in [2.05, 4.69) is 5.32 Å². The van der Waals surface area contributed by atoms with Crippen LogP contribution in [0.5, 0.6) is 5.75 Å². The molecule has 0 fully saturated rings. The van der Waals surface area contributed by atoms with E-state index in [9.17, 15) is 14.7 Å². The lowest BCUT2D eigenvalue weighted by molar-refractivity contribution is -0.154. The first-order chi connectivity index (χ1) is 11.2. The molecule has 2 atom stereocenters. The zero-order valence-corrected chi connectivity index (χ0v) is 15.1. The molecule has 6 nitrogen and oxygen atoms in total. The van der Waals surface area contributed by atoms with E-state index < -0.39 is 29.4 Å². The Hall–Kier alpha value is -2.08. The summed E-state index contributed by atoms with van der Waals surface area (Å²) in [6.45, 7) is 7.17. The molecule has 0 heterocycles. The molecule has 1 aromatic carbocycles. The predicted octanol–water partition coefficient (Wildman–Crippen LogP) is 2.42. The summed E-state index contributed by atoms with van der Waals surface area (Å²) >= 11 is 0. The van der Waals surface area contributed by atoms with Crippen LogP contribution in [-0.4, -0.2) is 37.3 Å². The predicted molar refractivity (Wildman–Crippen MR) is 90.4 cm³/mol. The Kier molecular flexibility index (Phi) is 6.78. The molecule has 0 aliphatic carbocycles. The van der Waals surface area contributed by atoms with Crippen molar-refractivity contribution in [2.24, 2.45) is 11.3 Å². The summed E-state index contributed by atoms with van der Waals surface area (Å²) in [4.78, 5) is 24.4. The van der Waals surface area contributed by atoms with E-state index >= 15 is 0 Å². The van der Waals surface area contributed by atoms with Crippen LogP contribution in [0.3, 0.4) is 0 Å². The molecular formula is C18H27NO5. The fourth-order valence-electron chi connectivity index (χ4n) is 2.64. The van der Waals surface area contributed by atoms with Crippen molar-refractivity contribution in [2.45, 2.75) is 39.8 Å². The molecule has 1 aromatic rings. The Morgan fingerprint density at radius 2 is 1.71 bits per heavy atom. The van der Waals surface area contributed by atoms with Gasteiger partial charge in [0.05, 0.1) is 25.7 Å². The van der Waals surface area contributed by atoms with Gasteiger partial charge in [0.25, 0.3) is 0 Å². The van der Waals surface area contributed by atoms with Crippen LogP contribution in [0.1, 0.15) is 39.3 Å². The highest BCUT2D eigenvalue weighted by Gasteiger charge is 2.42. The van der Waals surface area contributed by atoms with Gasteiger partial charge in [-0.05, 0) is 25.8 Å². The molecule has 0 radical (unpaired) electrons. The maximum Gasteiger partial charge on any atom is 0.323 e.